The second kappa shape index (κ2) is 7.40. The van der Waals surface area contributed by atoms with Crippen molar-refractivity contribution in [3.05, 3.63) is 40.5 Å². The van der Waals surface area contributed by atoms with Gasteiger partial charge in [0.15, 0.2) is 0 Å². The fourth-order valence-corrected chi connectivity index (χ4v) is 6.21. The van der Waals surface area contributed by atoms with Crippen molar-refractivity contribution in [2.24, 2.45) is 0 Å². The fraction of sp³-hybridized carbons (Fsp3) is 0.353. The number of aromatic nitrogens is 2. The number of H-pyrrole nitrogens is 1. The highest BCUT2D eigenvalue weighted by Crippen LogP contribution is 2.28. The molecule has 3 aromatic rings. The monoisotopic (exact) mass is 426 g/mol. The molecule has 1 aromatic carbocycles. The lowest BCUT2D eigenvalue weighted by Crippen LogP contribution is -2.48. The van der Waals surface area contributed by atoms with E-state index in [-0.39, 0.29) is 0 Å². The number of nitrogens with one attached hydrogen (secondary N) is 1. The van der Waals surface area contributed by atoms with E-state index in [1.165, 1.54) is 4.31 Å². The van der Waals surface area contributed by atoms with E-state index in [0.29, 0.717) is 41.3 Å². The average molecular weight is 427 g/mol. The summed E-state index contributed by atoms with van der Waals surface area (Å²) in [5, 5.41) is 0. The number of imidazole rings is 1. The Kier molecular flexibility index (Phi) is 5.13. The zero-order valence-electron chi connectivity index (χ0n) is 14.7. The van der Waals surface area contributed by atoms with Gasteiger partial charge in [-0.25, -0.2) is 13.4 Å². The van der Waals surface area contributed by atoms with Gasteiger partial charge in [-0.2, -0.15) is 4.31 Å². The van der Waals surface area contributed by atoms with E-state index < -0.39 is 10.0 Å². The van der Waals surface area contributed by atoms with Gasteiger partial charge >= 0.3 is 0 Å². The SMILES string of the molecule is COc1ccc2nc(CN3CCN(S(=O)(=O)c4ccc(Cl)s4)CC3)[nH]c2c1. The first-order chi connectivity index (χ1) is 13.0. The van der Waals surface area contributed by atoms with E-state index in [9.17, 15) is 8.42 Å². The third-order valence-corrected chi connectivity index (χ3v) is 8.18. The van der Waals surface area contributed by atoms with Crippen LogP contribution < -0.4 is 4.74 Å². The van der Waals surface area contributed by atoms with Crippen LogP contribution in [0.2, 0.25) is 4.34 Å². The molecule has 0 unspecified atom stereocenters. The van der Waals surface area contributed by atoms with Crippen LogP contribution in [0.4, 0.5) is 0 Å². The number of hydrogen-bond donors (Lipinski definition) is 1. The van der Waals surface area contributed by atoms with Crippen LogP contribution in [0.1, 0.15) is 5.82 Å². The van der Waals surface area contributed by atoms with E-state index in [0.717, 1.165) is 33.9 Å². The molecule has 4 rings (SSSR count). The average Bonchev–Trinajstić information content (AvgIpc) is 3.27. The summed E-state index contributed by atoms with van der Waals surface area (Å²) in [4.78, 5) is 10.1. The molecule has 0 aliphatic carbocycles. The number of rotatable bonds is 5. The zero-order valence-corrected chi connectivity index (χ0v) is 17.1. The quantitative estimate of drug-likeness (QED) is 0.678. The van der Waals surface area contributed by atoms with Crippen molar-refractivity contribution >= 4 is 44.0 Å². The topological polar surface area (TPSA) is 78.5 Å². The Morgan fingerprint density at radius 1 is 1.22 bits per heavy atom. The summed E-state index contributed by atoms with van der Waals surface area (Å²) in [6.45, 7) is 2.85. The van der Waals surface area contributed by atoms with Crippen molar-refractivity contribution in [1.29, 1.82) is 0 Å². The second-order valence-electron chi connectivity index (χ2n) is 6.31. The number of methoxy groups -OCH3 is 1. The third kappa shape index (κ3) is 3.83. The van der Waals surface area contributed by atoms with Crippen LogP contribution in [0.15, 0.2) is 34.5 Å². The van der Waals surface area contributed by atoms with Gasteiger partial charge in [-0.3, -0.25) is 4.90 Å². The van der Waals surface area contributed by atoms with Gasteiger partial charge in [-0.15, -0.1) is 11.3 Å². The number of piperazine rings is 1. The van der Waals surface area contributed by atoms with Crippen molar-refractivity contribution in [3.8, 4) is 5.75 Å². The van der Waals surface area contributed by atoms with Gasteiger partial charge in [0.25, 0.3) is 10.0 Å². The van der Waals surface area contributed by atoms with Gasteiger partial charge in [0.05, 0.1) is 29.0 Å². The first-order valence-corrected chi connectivity index (χ1v) is 11.1. The maximum absolute atomic E-state index is 12.7. The van der Waals surface area contributed by atoms with Crippen LogP contribution in [0.3, 0.4) is 0 Å². The number of fused-ring (bicyclic) bond motifs is 1. The number of sulfonamides is 1. The molecule has 3 heterocycles. The van der Waals surface area contributed by atoms with Crippen LogP contribution in [0.5, 0.6) is 5.75 Å². The first kappa shape index (κ1) is 18.7. The van der Waals surface area contributed by atoms with Gasteiger partial charge < -0.3 is 9.72 Å². The van der Waals surface area contributed by atoms with E-state index in [2.05, 4.69) is 14.9 Å². The molecule has 1 aliphatic rings. The molecule has 0 saturated carbocycles. The number of aromatic amines is 1. The number of ether oxygens (including phenoxy) is 1. The molecular formula is C17H19ClN4O3S2. The summed E-state index contributed by atoms with van der Waals surface area (Å²) in [6.07, 6.45) is 0. The summed E-state index contributed by atoms with van der Waals surface area (Å²) in [6, 6.07) is 8.91. The largest absolute Gasteiger partial charge is 0.497 e. The summed E-state index contributed by atoms with van der Waals surface area (Å²) >= 11 is 6.97. The molecule has 0 atom stereocenters. The lowest BCUT2D eigenvalue weighted by molar-refractivity contribution is 0.179. The van der Waals surface area contributed by atoms with Crippen molar-refractivity contribution in [2.75, 3.05) is 33.3 Å². The fourth-order valence-electron chi connectivity index (χ4n) is 3.15. The maximum atomic E-state index is 12.7. The first-order valence-electron chi connectivity index (χ1n) is 8.46. The standard InChI is InChI=1S/C17H19ClN4O3S2/c1-25-12-2-3-13-14(10-12)20-16(19-13)11-21-6-8-22(9-7-21)27(23,24)17-5-4-15(18)26-17/h2-5,10H,6-9,11H2,1H3,(H,19,20). The van der Waals surface area contributed by atoms with Crippen LogP contribution in [0.25, 0.3) is 11.0 Å². The predicted molar refractivity (Wildman–Crippen MR) is 106 cm³/mol. The zero-order chi connectivity index (χ0) is 19.0. The van der Waals surface area contributed by atoms with Gasteiger partial charge in [0, 0.05) is 32.2 Å². The van der Waals surface area contributed by atoms with Gasteiger partial charge in [-0.1, -0.05) is 11.6 Å². The van der Waals surface area contributed by atoms with Crippen LogP contribution >= 0.6 is 22.9 Å². The summed E-state index contributed by atoms with van der Waals surface area (Å²) in [5.74, 6) is 1.64. The molecule has 2 aromatic heterocycles. The highest BCUT2D eigenvalue weighted by Gasteiger charge is 2.29. The van der Waals surface area contributed by atoms with Crippen molar-refractivity contribution in [2.45, 2.75) is 10.8 Å². The minimum atomic E-state index is -3.46. The van der Waals surface area contributed by atoms with Gasteiger partial charge in [0.1, 0.15) is 15.8 Å². The third-order valence-electron chi connectivity index (χ3n) is 4.59. The van der Waals surface area contributed by atoms with E-state index in [1.54, 1.807) is 19.2 Å². The minimum Gasteiger partial charge on any atom is -0.497 e. The number of nitrogens with zero attached hydrogens (tertiary/aromatic N) is 3. The molecule has 1 aliphatic heterocycles. The Morgan fingerprint density at radius 3 is 2.67 bits per heavy atom. The molecule has 1 N–H and O–H groups in total. The summed E-state index contributed by atoms with van der Waals surface area (Å²) in [7, 11) is -1.83. The van der Waals surface area contributed by atoms with Crippen LogP contribution in [-0.2, 0) is 16.6 Å². The lowest BCUT2D eigenvalue weighted by Gasteiger charge is -2.33. The number of halogens is 1. The minimum absolute atomic E-state index is 0.298. The molecule has 0 bridgehead atoms. The van der Waals surface area contributed by atoms with E-state index in [4.69, 9.17) is 16.3 Å². The van der Waals surface area contributed by atoms with Crippen LogP contribution in [0, 0.1) is 0 Å². The Morgan fingerprint density at radius 2 is 2.00 bits per heavy atom. The Hall–Kier alpha value is -1.65. The van der Waals surface area contributed by atoms with Crippen molar-refractivity contribution < 1.29 is 13.2 Å². The summed E-state index contributed by atoms with van der Waals surface area (Å²) < 4.78 is 32.9. The molecule has 1 saturated heterocycles. The molecule has 27 heavy (non-hydrogen) atoms. The molecule has 144 valence electrons. The Bertz CT molecular complexity index is 1060. The number of thiophene rings is 1. The maximum Gasteiger partial charge on any atom is 0.252 e. The molecule has 7 nitrogen and oxygen atoms in total. The second-order valence-corrected chi connectivity index (χ2v) is 10.2. The highest BCUT2D eigenvalue weighted by molar-refractivity contribution is 7.91. The molecule has 0 amide bonds. The van der Waals surface area contributed by atoms with Crippen molar-refractivity contribution in [1.82, 2.24) is 19.2 Å². The molecule has 1 fully saturated rings. The van der Waals surface area contributed by atoms with Gasteiger partial charge in [-0.05, 0) is 24.3 Å². The normalized spacial score (nSPS) is 16.8. The van der Waals surface area contributed by atoms with Crippen molar-refractivity contribution in [3.63, 3.8) is 0 Å². The Balaban J connectivity index is 1.41. The molecule has 0 radical (unpaired) electrons. The predicted octanol–water partition coefficient (Wildman–Crippen LogP) is 2.79. The Labute approximate surface area is 166 Å². The van der Waals surface area contributed by atoms with Gasteiger partial charge in [0.2, 0.25) is 0 Å². The number of hydrogen-bond acceptors (Lipinski definition) is 6. The van der Waals surface area contributed by atoms with E-state index in [1.807, 2.05) is 18.2 Å². The lowest BCUT2D eigenvalue weighted by atomic mass is 10.3. The van der Waals surface area contributed by atoms with Crippen LogP contribution in [-0.4, -0.2) is 60.9 Å². The van der Waals surface area contributed by atoms with E-state index >= 15 is 0 Å². The summed E-state index contributed by atoms with van der Waals surface area (Å²) in [5.41, 5.74) is 1.82. The smallest absolute Gasteiger partial charge is 0.252 e. The highest BCUT2D eigenvalue weighted by atomic mass is 35.5. The molecular weight excluding hydrogens is 408 g/mol. The number of benzene rings is 1. The molecule has 0 spiro atoms. The molecule has 10 heteroatoms.